The summed E-state index contributed by atoms with van der Waals surface area (Å²) in [5.41, 5.74) is 0. The molecule has 0 radical (unpaired) electrons. The summed E-state index contributed by atoms with van der Waals surface area (Å²) in [4.78, 5) is 11.9. The lowest BCUT2D eigenvalue weighted by molar-refractivity contribution is -0.143. The maximum absolute atomic E-state index is 11.9. The minimum atomic E-state index is 0.0158. The summed E-state index contributed by atoms with van der Waals surface area (Å²) in [7, 11) is 0. The van der Waals surface area contributed by atoms with Gasteiger partial charge in [0.1, 0.15) is 0 Å². The molecule has 0 spiro atoms. The van der Waals surface area contributed by atoms with E-state index in [1.165, 1.54) is 154 Å². The molecule has 0 fully saturated rings. The smallest absolute Gasteiger partial charge is 0.305 e. The number of rotatable bonds is 31. The Labute approximate surface area is 240 Å². The van der Waals surface area contributed by atoms with E-state index in [-0.39, 0.29) is 5.97 Å². The third-order valence-electron chi connectivity index (χ3n) is 8.19. The van der Waals surface area contributed by atoms with E-state index >= 15 is 0 Å². The van der Waals surface area contributed by atoms with Crippen molar-refractivity contribution in [1.82, 2.24) is 0 Å². The second kappa shape index (κ2) is 32.4. The second-order valence-electron chi connectivity index (χ2n) is 12.1. The summed E-state index contributed by atoms with van der Waals surface area (Å²) in [5.74, 6) is 0.942. The standard InChI is InChI=1S/C36H70O2/c1-4-6-7-8-9-10-11-14-18-21-24-27-30-33-36(37)38-34-31-28-25-22-19-16-13-12-15-17-20-23-26-29-32-35(3)5-2/h10-11,35H,4-9,12-34H2,1-3H3/b11-10-. The van der Waals surface area contributed by atoms with Crippen LogP contribution in [0.1, 0.15) is 201 Å². The quantitative estimate of drug-likeness (QED) is 0.0502. The van der Waals surface area contributed by atoms with Gasteiger partial charge in [0.05, 0.1) is 6.61 Å². The number of carbonyl (C=O) groups excluding carboxylic acids is 1. The zero-order valence-corrected chi connectivity index (χ0v) is 26.6. The van der Waals surface area contributed by atoms with Gasteiger partial charge in [-0.05, 0) is 44.4 Å². The van der Waals surface area contributed by atoms with E-state index in [1.807, 2.05) is 0 Å². The van der Waals surface area contributed by atoms with E-state index in [1.54, 1.807) is 0 Å². The molecule has 0 aliphatic carbocycles. The lowest BCUT2D eigenvalue weighted by Crippen LogP contribution is -2.05. The Morgan fingerprint density at radius 3 is 1.47 bits per heavy atom. The van der Waals surface area contributed by atoms with Gasteiger partial charge in [0.25, 0.3) is 0 Å². The molecule has 1 atom stereocenters. The van der Waals surface area contributed by atoms with Gasteiger partial charge in [0.15, 0.2) is 0 Å². The lowest BCUT2D eigenvalue weighted by atomic mass is 9.99. The molecular formula is C36H70O2. The fraction of sp³-hybridized carbons (Fsp3) is 0.917. The third-order valence-corrected chi connectivity index (χ3v) is 8.19. The van der Waals surface area contributed by atoms with Crippen molar-refractivity contribution in [3.8, 4) is 0 Å². The van der Waals surface area contributed by atoms with Crippen LogP contribution in [-0.4, -0.2) is 12.6 Å². The van der Waals surface area contributed by atoms with Gasteiger partial charge in [0, 0.05) is 6.42 Å². The SMILES string of the molecule is CCCCCC/C=C\CCCCCCCC(=O)OCCCCCCCCCCCCCCCCC(C)CC. The second-order valence-corrected chi connectivity index (χ2v) is 12.1. The number of unbranched alkanes of at least 4 members (excludes halogenated alkanes) is 22. The Morgan fingerprint density at radius 2 is 0.974 bits per heavy atom. The Balaban J connectivity index is 3.19. The van der Waals surface area contributed by atoms with Crippen LogP contribution in [0.25, 0.3) is 0 Å². The highest BCUT2D eigenvalue weighted by atomic mass is 16.5. The molecule has 0 saturated heterocycles. The molecule has 0 aromatic carbocycles. The summed E-state index contributed by atoms with van der Waals surface area (Å²) in [6.45, 7) is 7.59. The van der Waals surface area contributed by atoms with Gasteiger partial charge in [-0.1, -0.05) is 168 Å². The highest BCUT2D eigenvalue weighted by Crippen LogP contribution is 2.16. The highest BCUT2D eigenvalue weighted by Gasteiger charge is 2.03. The highest BCUT2D eigenvalue weighted by molar-refractivity contribution is 5.69. The summed E-state index contributed by atoms with van der Waals surface area (Å²) < 4.78 is 5.43. The average molecular weight is 535 g/mol. The Bertz CT molecular complexity index is 484. The van der Waals surface area contributed by atoms with Crippen molar-refractivity contribution in [2.24, 2.45) is 5.92 Å². The Morgan fingerprint density at radius 1 is 0.553 bits per heavy atom. The molecule has 0 amide bonds. The first-order valence-corrected chi connectivity index (χ1v) is 17.5. The van der Waals surface area contributed by atoms with Crippen LogP contribution in [-0.2, 0) is 9.53 Å². The zero-order chi connectivity index (χ0) is 27.8. The van der Waals surface area contributed by atoms with Crippen LogP contribution >= 0.6 is 0 Å². The predicted molar refractivity (Wildman–Crippen MR) is 170 cm³/mol. The molecule has 38 heavy (non-hydrogen) atoms. The van der Waals surface area contributed by atoms with Crippen LogP contribution < -0.4 is 0 Å². The molecule has 0 N–H and O–H groups in total. The van der Waals surface area contributed by atoms with E-state index in [4.69, 9.17) is 4.74 Å². The molecule has 0 aliphatic rings. The largest absolute Gasteiger partial charge is 0.466 e. The molecule has 0 rings (SSSR count). The van der Waals surface area contributed by atoms with Crippen LogP contribution in [0.5, 0.6) is 0 Å². The third kappa shape index (κ3) is 31.4. The van der Waals surface area contributed by atoms with E-state index in [0.29, 0.717) is 13.0 Å². The van der Waals surface area contributed by atoms with Crippen LogP contribution in [0.2, 0.25) is 0 Å². The van der Waals surface area contributed by atoms with Gasteiger partial charge in [0.2, 0.25) is 0 Å². The number of carbonyl (C=O) groups is 1. The van der Waals surface area contributed by atoms with Crippen LogP contribution in [0.4, 0.5) is 0 Å². The molecule has 0 heterocycles. The monoisotopic (exact) mass is 535 g/mol. The molecule has 1 unspecified atom stereocenters. The van der Waals surface area contributed by atoms with E-state index in [0.717, 1.165) is 25.2 Å². The maximum atomic E-state index is 11.9. The number of esters is 1. The Kier molecular flexibility index (Phi) is 31.7. The minimum Gasteiger partial charge on any atom is -0.466 e. The van der Waals surface area contributed by atoms with Gasteiger partial charge >= 0.3 is 5.97 Å². The molecule has 226 valence electrons. The fourth-order valence-electron chi connectivity index (χ4n) is 5.17. The molecule has 2 nitrogen and oxygen atoms in total. The van der Waals surface area contributed by atoms with E-state index in [2.05, 4.69) is 32.9 Å². The van der Waals surface area contributed by atoms with Crippen molar-refractivity contribution in [2.45, 2.75) is 201 Å². The molecule has 0 aromatic rings. The molecule has 0 saturated carbocycles. The topological polar surface area (TPSA) is 26.3 Å². The maximum Gasteiger partial charge on any atom is 0.305 e. The summed E-state index contributed by atoms with van der Waals surface area (Å²) >= 11 is 0. The molecule has 0 aliphatic heterocycles. The first-order chi connectivity index (χ1) is 18.7. The fourth-order valence-corrected chi connectivity index (χ4v) is 5.17. The summed E-state index contributed by atoms with van der Waals surface area (Å²) in [6.07, 6.45) is 41.1. The van der Waals surface area contributed by atoms with Gasteiger partial charge < -0.3 is 4.74 Å². The lowest BCUT2D eigenvalue weighted by Gasteiger charge is -2.07. The molecule has 2 heteroatoms. The van der Waals surface area contributed by atoms with Crippen LogP contribution in [0, 0.1) is 5.92 Å². The van der Waals surface area contributed by atoms with E-state index in [9.17, 15) is 4.79 Å². The average Bonchev–Trinajstić information content (AvgIpc) is 2.92. The van der Waals surface area contributed by atoms with Gasteiger partial charge in [-0.25, -0.2) is 0 Å². The van der Waals surface area contributed by atoms with Gasteiger partial charge in [-0.2, -0.15) is 0 Å². The number of hydrogen-bond donors (Lipinski definition) is 0. The van der Waals surface area contributed by atoms with Gasteiger partial charge in [-0.3, -0.25) is 4.79 Å². The zero-order valence-electron chi connectivity index (χ0n) is 26.6. The number of ether oxygens (including phenoxy) is 1. The minimum absolute atomic E-state index is 0.0158. The van der Waals surface area contributed by atoms with Crippen molar-refractivity contribution in [1.29, 1.82) is 0 Å². The van der Waals surface area contributed by atoms with Crippen molar-refractivity contribution < 1.29 is 9.53 Å². The number of allylic oxidation sites excluding steroid dienone is 2. The van der Waals surface area contributed by atoms with Crippen molar-refractivity contribution in [3.05, 3.63) is 12.2 Å². The first-order valence-electron chi connectivity index (χ1n) is 17.5. The molecular weight excluding hydrogens is 464 g/mol. The predicted octanol–water partition coefficient (Wildman–Crippen LogP) is 12.7. The van der Waals surface area contributed by atoms with Crippen molar-refractivity contribution >= 4 is 5.97 Å². The first kappa shape index (κ1) is 37.2. The van der Waals surface area contributed by atoms with Gasteiger partial charge in [-0.15, -0.1) is 0 Å². The Hall–Kier alpha value is -0.790. The number of hydrogen-bond acceptors (Lipinski definition) is 2. The van der Waals surface area contributed by atoms with Crippen LogP contribution in [0.15, 0.2) is 12.2 Å². The molecule has 0 aromatic heterocycles. The van der Waals surface area contributed by atoms with E-state index < -0.39 is 0 Å². The van der Waals surface area contributed by atoms with Crippen molar-refractivity contribution in [3.63, 3.8) is 0 Å². The van der Waals surface area contributed by atoms with Crippen LogP contribution in [0.3, 0.4) is 0 Å². The summed E-state index contributed by atoms with van der Waals surface area (Å²) in [6, 6.07) is 0. The summed E-state index contributed by atoms with van der Waals surface area (Å²) in [5, 5.41) is 0. The van der Waals surface area contributed by atoms with Crippen molar-refractivity contribution in [2.75, 3.05) is 6.61 Å². The normalized spacial score (nSPS) is 12.4. The molecule has 0 bridgehead atoms.